The maximum Gasteiger partial charge on any atom is 0.255 e. The normalized spacial score (nSPS) is 20.8. The van der Waals surface area contributed by atoms with Gasteiger partial charge < -0.3 is 15.0 Å². The third kappa shape index (κ3) is 6.02. The van der Waals surface area contributed by atoms with Gasteiger partial charge in [0.2, 0.25) is 0 Å². The van der Waals surface area contributed by atoms with Gasteiger partial charge in [-0.05, 0) is 74.6 Å². The zero-order valence-corrected chi connectivity index (χ0v) is 21.0. The maximum absolute atomic E-state index is 12.9. The molecule has 2 unspecified atom stereocenters. The molecule has 7 nitrogen and oxygen atoms in total. The molecule has 0 aliphatic carbocycles. The molecule has 0 aromatic heterocycles. The highest BCUT2D eigenvalue weighted by Crippen LogP contribution is 2.28. The number of carbonyl (C=O) groups excluding carboxylic acids is 2. The summed E-state index contributed by atoms with van der Waals surface area (Å²) in [6.07, 6.45) is 2.58. The van der Waals surface area contributed by atoms with Gasteiger partial charge in [0, 0.05) is 55.1 Å². The molecule has 4 rings (SSSR count). The molecule has 2 amide bonds. The van der Waals surface area contributed by atoms with E-state index in [1.54, 1.807) is 30.3 Å². The number of nitrogens with one attached hydrogen (secondary N) is 1. The Balaban J connectivity index is 1.42. The predicted molar refractivity (Wildman–Crippen MR) is 135 cm³/mol. The first kappa shape index (κ1) is 25.2. The minimum absolute atomic E-state index is 0.0906. The van der Waals surface area contributed by atoms with Crippen molar-refractivity contribution >= 4 is 29.1 Å². The SMILES string of the molecule is Cc1c(CN2CCN(C(=O)C3CCCCO3)C(C)C2)cc(Cl)cc1NC(=O)c1cccc(C#N)c1. The second-order valence-corrected chi connectivity index (χ2v) is 9.79. The molecule has 0 saturated carbocycles. The van der Waals surface area contributed by atoms with Crippen molar-refractivity contribution in [3.8, 4) is 6.07 Å². The average molecular weight is 495 g/mol. The van der Waals surface area contributed by atoms with Crippen LogP contribution >= 0.6 is 11.6 Å². The minimum atomic E-state index is -0.298. The molecule has 0 spiro atoms. The van der Waals surface area contributed by atoms with Crippen LogP contribution in [0.25, 0.3) is 0 Å². The number of hydrogen-bond donors (Lipinski definition) is 1. The Morgan fingerprint density at radius 3 is 2.77 bits per heavy atom. The van der Waals surface area contributed by atoms with E-state index in [-0.39, 0.29) is 24.0 Å². The molecule has 1 N–H and O–H groups in total. The zero-order chi connectivity index (χ0) is 24.9. The van der Waals surface area contributed by atoms with E-state index in [0.29, 0.717) is 41.5 Å². The minimum Gasteiger partial charge on any atom is -0.368 e. The number of carbonyl (C=O) groups is 2. The lowest BCUT2D eigenvalue weighted by molar-refractivity contribution is -0.151. The molecular formula is C27H31ClN4O3. The number of piperazine rings is 1. The molecule has 0 bridgehead atoms. The molecule has 8 heteroatoms. The Hall–Kier alpha value is -2.92. The van der Waals surface area contributed by atoms with Crippen LogP contribution in [0.2, 0.25) is 5.02 Å². The highest BCUT2D eigenvalue weighted by molar-refractivity contribution is 6.31. The summed E-state index contributed by atoms with van der Waals surface area (Å²) in [7, 11) is 0. The van der Waals surface area contributed by atoms with Gasteiger partial charge in [0.1, 0.15) is 6.10 Å². The Morgan fingerprint density at radius 2 is 2.06 bits per heavy atom. The van der Waals surface area contributed by atoms with Gasteiger partial charge in [-0.15, -0.1) is 0 Å². The second kappa shape index (κ2) is 11.2. The van der Waals surface area contributed by atoms with Gasteiger partial charge >= 0.3 is 0 Å². The highest BCUT2D eigenvalue weighted by atomic mass is 35.5. The standard InChI is InChI=1S/C27H31ClN4O3/c1-18-16-31(9-10-32(18)27(34)25-8-3-4-11-35-25)17-22-13-23(28)14-24(19(22)2)30-26(33)21-7-5-6-20(12-21)15-29/h5-7,12-14,18,25H,3-4,8-11,16-17H2,1-2H3,(H,30,33). The van der Waals surface area contributed by atoms with E-state index in [9.17, 15) is 9.59 Å². The number of benzene rings is 2. The van der Waals surface area contributed by atoms with Crippen molar-refractivity contribution in [2.45, 2.75) is 51.8 Å². The number of rotatable bonds is 5. The maximum atomic E-state index is 12.9. The van der Waals surface area contributed by atoms with Gasteiger partial charge in [0.15, 0.2) is 0 Å². The van der Waals surface area contributed by atoms with E-state index >= 15 is 0 Å². The van der Waals surface area contributed by atoms with Crippen molar-refractivity contribution in [2.75, 3.05) is 31.6 Å². The molecule has 2 aromatic rings. The van der Waals surface area contributed by atoms with E-state index in [1.807, 2.05) is 17.9 Å². The van der Waals surface area contributed by atoms with Crippen LogP contribution in [-0.2, 0) is 16.1 Å². The van der Waals surface area contributed by atoms with Crippen LogP contribution in [0.5, 0.6) is 0 Å². The molecule has 2 fully saturated rings. The van der Waals surface area contributed by atoms with Crippen LogP contribution in [0.15, 0.2) is 36.4 Å². The van der Waals surface area contributed by atoms with Gasteiger partial charge in [-0.25, -0.2) is 0 Å². The van der Waals surface area contributed by atoms with Crippen molar-refractivity contribution in [3.63, 3.8) is 0 Å². The molecule has 35 heavy (non-hydrogen) atoms. The Labute approximate surface area is 211 Å². The fraction of sp³-hybridized carbons (Fsp3) is 0.444. The van der Waals surface area contributed by atoms with E-state index in [0.717, 1.165) is 43.5 Å². The Bertz CT molecular complexity index is 1140. The van der Waals surface area contributed by atoms with E-state index in [1.165, 1.54) is 0 Å². The smallest absolute Gasteiger partial charge is 0.255 e. The Morgan fingerprint density at radius 1 is 1.23 bits per heavy atom. The first-order valence-corrected chi connectivity index (χ1v) is 12.5. The van der Waals surface area contributed by atoms with Crippen LogP contribution < -0.4 is 5.32 Å². The summed E-state index contributed by atoms with van der Waals surface area (Å²) in [5.41, 5.74) is 3.47. The van der Waals surface area contributed by atoms with Crippen molar-refractivity contribution in [3.05, 3.63) is 63.7 Å². The van der Waals surface area contributed by atoms with Crippen LogP contribution in [-0.4, -0.2) is 60.0 Å². The molecule has 2 heterocycles. The van der Waals surface area contributed by atoms with Gasteiger partial charge in [-0.3, -0.25) is 14.5 Å². The number of hydrogen-bond acceptors (Lipinski definition) is 5. The van der Waals surface area contributed by atoms with Crippen LogP contribution in [0.1, 0.15) is 53.2 Å². The summed E-state index contributed by atoms with van der Waals surface area (Å²) in [6, 6.07) is 12.4. The lowest BCUT2D eigenvalue weighted by Gasteiger charge is -2.41. The van der Waals surface area contributed by atoms with E-state index < -0.39 is 0 Å². The zero-order valence-electron chi connectivity index (χ0n) is 20.2. The molecule has 2 aliphatic rings. The summed E-state index contributed by atoms with van der Waals surface area (Å²) in [6.45, 7) is 7.57. The number of nitrogens with zero attached hydrogens (tertiary/aromatic N) is 3. The fourth-order valence-electron chi connectivity index (χ4n) is 4.82. The van der Waals surface area contributed by atoms with Crippen molar-refractivity contribution in [1.29, 1.82) is 5.26 Å². The summed E-state index contributed by atoms with van der Waals surface area (Å²) in [5.74, 6) is -0.176. The lowest BCUT2D eigenvalue weighted by atomic mass is 10.0. The number of halogens is 1. The number of nitriles is 1. The summed E-state index contributed by atoms with van der Waals surface area (Å²) >= 11 is 6.42. The highest BCUT2D eigenvalue weighted by Gasteiger charge is 2.33. The first-order valence-electron chi connectivity index (χ1n) is 12.1. The van der Waals surface area contributed by atoms with Gasteiger partial charge in [0.25, 0.3) is 11.8 Å². The van der Waals surface area contributed by atoms with Crippen LogP contribution in [0.4, 0.5) is 5.69 Å². The molecule has 2 atom stereocenters. The molecule has 184 valence electrons. The molecular weight excluding hydrogens is 464 g/mol. The topological polar surface area (TPSA) is 85.7 Å². The van der Waals surface area contributed by atoms with E-state index in [2.05, 4.69) is 23.2 Å². The van der Waals surface area contributed by atoms with Gasteiger partial charge in [0.05, 0.1) is 11.6 Å². The number of amides is 2. The quantitative estimate of drug-likeness (QED) is 0.667. The number of anilines is 1. The van der Waals surface area contributed by atoms with Crippen molar-refractivity contribution < 1.29 is 14.3 Å². The fourth-order valence-corrected chi connectivity index (χ4v) is 5.06. The molecule has 2 saturated heterocycles. The third-order valence-corrected chi connectivity index (χ3v) is 7.04. The largest absolute Gasteiger partial charge is 0.368 e. The van der Waals surface area contributed by atoms with E-state index in [4.69, 9.17) is 21.6 Å². The Kier molecular flexibility index (Phi) is 8.07. The van der Waals surface area contributed by atoms with Crippen molar-refractivity contribution in [1.82, 2.24) is 9.80 Å². The second-order valence-electron chi connectivity index (χ2n) is 9.36. The summed E-state index contributed by atoms with van der Waals surface area (Å²) in [5, 5.41) is 12.6. The average Bonchev–Trinajstić information content (AvgIpc) is 2.87. The van der Waals surface area contributed by atoms with Crippen LogP contribution in [0, 0.1) is 18.3 Å². The molecule has 2 aromatic carbocycles. The van der Waals surface area contributed by atoms with Gasteiger partial charge in [-0.1, -0.05) is 17.7 Å². The summed E-state index contributed by atoms with van der Waals surface area (Å²) < 4.78 is 5.71. The number of ether oxygens (including phenoxy) is 1. The van der Waals surface area contributed by atoms with Crippen molar-refractivity contribution in [2.24, 2.45) is 0 Å². The monoisotopic (exact) mass is 494 g/mol. The molecule has 0 radical (unpaired) electrons. The lowest BCUT2D eigenvalue weighted by Crippen LogP contribution is -2.56. The predicted octanol–water partition coefficient (Wildman–Crippen LogP) is 4.37. The van der Waals surface area contributed by atoms with Crippen LogP contribution in [0.3, 0.4) is 0 Å². The first-order chi connectivity index (χ1) is 16.9. The molecule has 2 aliphatic heterocycles. The third-order valence-electron chi connectivity index (χ3n) is 6.83. The van der Waals surface area contributed by atoms with Gasteiger partial charge in [-0.2, -0.15) is 5.26 Å². The summed E-state index contributed by atoms with van der Waals surface area (Å²) in [4.78, 5) is 30.0.